The molecule has 1 heterocycles. The fourth-order valence-corrected chi connectivity index (χ4v) is 1.62. The van der Waals surface area contributed by atoms with Crippen molar-refractivity contribution in [3.05, 3.63) is 0 Å². The Morgan fingerprint density at radius 3 is 2.73 bits per heavy atom. The van der Waals surface area contributed by atoms with E-state index < -0.39 is 0 Å². The summed E-state index contributed by atoms with van der Waals surface area (Å²) < 4.78 is 5.24. The largest absolute Gasteiger partial charge is 0.379 e. The SMILES string of the molecule is CCCNC(CN1CCOCC1)C(N)=O. The highest BCUT2D eigenvalue weighted by Crippen LogP contribution is 1.98. The van der Waals surface area contributed by atoms with Crippen molar-refractivity contribution >= 4 is 5.91 Å². The van der Waals surface area contributed by atoms with E-state index in [-0.39, 0.29) is 11.9 Å². The minimum absolute atomic E-state index is 0.233. The number of hydrogen-bond donors (Lipinski definition) is 2. The van der Waals surface area contributed by atoms with Gasteiger partial charge in [0.2, 0.25) is 5.91 Å². The summed E-state index contributed by atoms with van der Waals surface area (Å²) >= 11 is 0. The first-order chi connectivity index (χ1) is 7.24. The lowest BCUT2D eigenvalue weighted by molar-refractivity contribution is -0.120. The van der Waals surface area contributed by atoms with Crippen molar-refractivity contribution in [1.29, 1.82) is 0 Å². The number of nitrogens with zero attached hydrogens (tertiary/aromatic N) is 1. The number of rotatable bonds is 6. The molecule has 0 spiro atoms. The summed E-state index contributed by atoms with van der Waals surface area (Å²) in [6.45, 7) is 6.87. The molecule has 1 saturated heterocycles. The van der Waals surface area contributed by atoms with Gasteiger partial charge >= 0.3 is 0 Å². The van der Waals surface area contributed by atoms with Gasteiger partial charge in [-0.3, -0.25) is 9.69 Å². The summed E-state index contributed by atoms with van der Waals surface area (Å²) in [5, 5.41) is 3.16. The number of nitrogens with one attached hydrogen (secondary N) is 1. The highest BCUT2D eigenvalue weighted by molar-refractivity contribution is 5.80. The average Bonchev–Trinajstić information content (AvgIpc) is 2.25. The number of carbonyl (C=O) groups excluding carboxylic acids is 1. The summed E-state index contributed by atoms with van der Waals surface area (Å²) in [5.74, 6) is -0.269. The third-order valence-corrected chi connectivity index (χ3v) is 2.53. The van der Waals surface area contributed by atoms with Gasteiger partial charge in [0.05, 0.1) is 19.3 Å². The van der Waals surface area contributed by atoms with Gasteiger partial charge < -0.3 is 15.8 Å². The molecule has 1 atom stereocenters. The Morgan fingerprint density at radius 1 is 1.53 bits per heavy atom. The van der Waals surface area contributed by atoms with Crippen molar-refractivity contribution in [2.24, 2.45) is 5.73 Å². The number of nitrogens with two attached hydrogens (primary N) is 1. The fraction of sp³-hybridized carbons (Fsp3) is 0.900. The molecule has 0 bridgehead atoms. The molecule has 0 aromatic carbocycles. The van der Waals surface area contributed by atoms with Gasteiger partial charge in [0.15, 0.2) is 0 Å². The molecule has 1 rings (SSSR count). The molecular weight excluding hydrogens is 194 g/mol. The molecule has 88 valence electrons. The molecule has 1 aliphatic heterocycles. The van der Waals surface area contributed by atoms with E-state index in [0.29, 0.717) is 6.54 Å². The van der Waals surface area contributed by atoms with Gasteiger partial charge in [0, 0.05) is 19.6 Å². The van der Waals surface area contributed by atoms with Gasteiger partial charge in [-0.15, -0.1) is 0 Å². The third-order valence-electron chi connectivity index (χ3n) is 2.53. The summed E-state index contributed by atoms with van der Waals surface area (Å²) in [5.41, 5.74) is 5.34. The zero-order valence-corrected chi connectivity index (χ0v) is 9.37. The van der Waals surface area contributed by atoms with Crippen LogP contribution in [0.15, 0.2) is 0 Å². The van der Waals surface area contributed by atoms with Crippen LogP contribution in [0.2, 0.25) is 0 Å². The van der Waals surface area contributed by atoms with Crippen molar-refractivity contribution in [3.63, 3.8) is 0 Å². The zero-order valence-electron chi connectivity index (χ0n) is 9.37. The lowest BCUT2D eigenvalue weighted by Crippen LogP contribution is -2.51. The maximum atomic E-state index is 11.2. The molecule has 15 heavy (non-hydrogen) atoms. The standard InChI is InChI=1S/C10H21N3O2/c1-2-3-12-9(10(11)14)8-13-4-6-15-7-5-13/h9,12H,2-8H2,1H3,(H2,11,14). The highest BCUT2D eigenvalue weighted by atomic mass is 16.5. The van der Waals surface area contributed by atoms with Crippen molar-refractivity contribution in [1.82, 2.24) is 10.2 Å². The Morgan fingerprint density at radius 2 is 2.20 bits per heavy atom. The first-order valence-electron chi connectivity index (χ1n) is 5.57. The van der Waals surface area contributed by atoms with E-state index >= 15 is 0 Å². The maximum absolute atomic E-state index is 11.2. The molecule has 0 radical (unpaired) electrons. The van der Waals surface area contributed by atoms with Crippen LogP contribution >= 0.6 is 0 Å². The monoisotopic (exact) mass is 215 g/mol. The number of primary amides is 1. The molecule has 0 aromatic heterocycles. The first-order valence-corrected chi connectivity index (χ1v) is 5.57. The van der Waals surface area contributed by atoms with E-state index in [1.165, 1.54) is 0 Å². The number of ether oxygens (including phenoxy) is 1. The summed E-state index contributed by atoms with van der Waals surface area (Å²) in [6, 6.07) is -0.233. The van der Waals surface area contributed by atoms with E-state index in [0.717, 1.165) is 39.3 Å². The predicted octanol–water partition coefficient (Wildman–Crippen LogP) is -0.828. The van der Waals surface area contributed by atoms with Crippen LogP contribution < -0.4 is 11.1 Å². The van der Waals surface area contributed by atoms with Gasteiger partial charge in [-0.05, 0) is 13.0 Å². The first kappa shape index (κ1) is 12.4. The smallest absolute Gasteiger partial charge is 0.235 e. The molecule has 5 nitrogen and oxygen atoms in total. The van der Waals surface area contributed by atoms with E-state index in [2.05, 4.69) is 17.1 Å². The summed E-state index contributed by atoms with van der Waals surface area (Å²) in [6.07, 6.45) is 1.01. The van der Waals surface area contributed by atoms with E-state index in [1.54, 1.807) is 0 Å². The zero-order chi connectivity index (χ0) is 11.1. The van der Waals surface area contributed by atoms with Crippen LogP contribution in [0, 0.1) is 0 Å². The molecule has 0 saturated carbocycles. The quantitative estimate of drug-likeness (QED) is 0.607. The number of amides is 1. The highest BCUT2D eigenvalue weighted by Gasteiger charge is 2.19. The van der Waals surface area contributed by atoms with Crippen LogP contribution in [0.25, 0.3) is 0 Å². The van der Waals surface area contributed by atoms with E-state index in [4.69, 9.17) is 10.5 Å². The second kappa shape index (κ2) is 6.76. The Hall–Kier alpha value is -0.650. The lowest BCUT2D eigenvalue weighted by Gasteiger charge is -2.29. The molecule has 1 unspecified atom stereocenters. The van der Waals surface area contributed by atoms with Crippen molar-refractivity contribution in [2.45, 2.75) is 19.4 Å². The summed E-state index contributed by atoms with van der Waals surface area (Å²) in [7, 11) is 0. The predicted molar refractivity (Wildman–Crippen MR) is 58.5 cm³/mol. The number of morpholine rings is 1. The van der Waals surface area contributed by atoms with E-state index in [1.807, 2.05) is 0 Å². The molecule has 1 aliphatic rings. The Labute approximate surface area is 90.9 Å². The van der Waals surface area contributed by atoms with Gasteiger partial charge in [-0.2, -0.15) is 0 Å². The van der Waals surface area contributed by atoms with Gasteiger partial charge in [0.1, 0.15) is 0 Å². The number of hydrogen-bond acceptors (Lipinski definition) is 4. The molecular formula is C10H21N3O2. The fourth-order valence-electron chi connectivity index (χ4n) is 1.62. The van der Waals surface area contributed by atoms with Gasteiger partial charge in [-0.25, -0.2) is 0 Å². The minimum atomic E-state index is -0.269. The van der Waals surface area contributed by atoms with Crippen molar-refractivity contribution in [3.8, 4) is 0 Å². The van der Waals surface area contributed by atoms with Crippen LogP contribution in [0.5, 0.6) is 0 Å². The third kappa shape index (κ3) is 4.59. The van der Waals surface area contributed by atoms with E-state index in [9.17, 15) is 4.79 Å². The van der Waals surface area contributed by atoms with Crippen LogP contribution in [-0.4, -0.2) is 56.2 Å². The summed E-state index contributed by atoms with van der Waals surface area (Å²) in [4.78, 5) is 13.4. The van der Waals surface area contributed by atoms with Crippen LogP contribution in [0.1, 0.15) is 13.3 Å². The minimum Gasteiger partial charge on any atom is -0.379 e. The molecule has 0 aromatic rings. The van der Waals surface area contributed by atoms with Crippen LogP contribution in [-0.2, 0) is 9.53 Å². The Balaban J connectivity index is 2.31. The molecule has 0 aliphatic carbocycles. The molecule has 5 heteroatoms. The topological polar surface area (TPSA) is 67.6 Å². The molecule has 1 amide bonds. The molecule has 3 N–H and O–H groups in total. The van der Waals surface area contributed by atoms with Crippen molar-refractivity contribution in [2.75, 3.05) is 39.4 Å². The normalized spacial score (nSPS) is 20.1. The average molecular weight is 215 g/mol. The second-order valence-corrected chi connectivity index (χ2v) is 3.82. The van der Waals surface area contributed by atoms with Crippen LogP contribution in [0.3, 0.4) is 0 Å². The maximum Gasteiger partial charge on any atom is 0.235 e. The Kier molecular flexibility index (Phi) is 5.60. The van der Waals surface area contributed by atoms with Crippen LogP contribution in [0.4, 0.5) is 0 Å². The number of carbonyl (C=O) groups is 1. The van der Waals surface area contributed by atoms with Crippen molar-refractivity contribution < 1.29 is 9.53 Å². The van der Waals surface area contributed by atoms with Gasteiger partial charge in [0.25, 0.3) is 0 Å². The lowest BCUT2D eigenvalue weighted by atomic mass is 10.2. The molecule has 1 fully saturated rings. The van der Waals surface area contributed by atoms with Gasteiger partial charge in [-0.1, -0.05) is 6.92 Å². The Bertz CT molecular complexity index is 193. The second-order valence-electron chi connectivity index (χ2n) is 3.82.